The number of benzene rings is 1. The molecule has 0 spiro atoms. The van der Waals surface area contributed by atoms with Crippen LogP contribution >= 0.6 is 15.9 Å². The molecule has 2 aromatic heterocycles. The number of aromatic nitrogens is 2. The first kappa shape index (κ1) is 16.7. The minimum atomic E-state index is -0.0226. The summed E-state index contributed by atoms with van der Waals surface area (Å²) in [5.41, 5.74) is 4.25. The number of imidazole rings is 1. The van der Waals surface area contributed by atoms with Crippen LogP contribution in [0.2, 0.25) is 0 Å². The predicted octanol–water partition coefficient (Wildman–Crippen LogP) is 4.63. The Labute approximate surface area is 150 Å². The first-order valence-electron chi connectivity index (χ1n) is 8.10. The van der Waals surface area contributed by atoms with Crippen LogP contribution in [0.4, 0.5) is 5.69 Å². The van der Waals surface area contributed by atoms with Crippen LogP contribution in [0.1, 0.15) is 35.6 Å². The Hall–Kier alpha value is -2.14. The van der Waals surface area contributed by atoms with E-state index in [1.54, 1.807) is 4.90 Å². The molecule has 0 N–H and O–H groups in total. The number of amides is 1. The van der Waals surface area contributed by atoms with Crippen LogP contribution in [0.25, 0.3) is 5.65 Å². The molecule has 3 rings (SSSR count). The molecule has 124 valence electrons. The zero-order chi connectivity index (χ0) is 17.3. The second-order valence-corrected chi connectivity index (χ2v) is 6.60. The van der Waals surface area contributed by atoms with E-state index in [2.05, 4.69) is 15.9 Å². The summed E-state index contributed by atoms with van der Waals surface area (Å²) in [4.78, 5) is 19.8. The second-order valence-electron chi connectivity index (χ2n) is 5.68. The summed E-state index contributed by atoms with van der Waals surface area (Å²) >= 11 is 3.52. The molecule has 0 aliphatic carbocycles. The fourth-order valence-corrected chi connectivity index (χ4v) is 3.52. The third-order valence-electron chi connectivity index (χ3n) is 4.11. The number of anilines is 1. The van der Waals surface area contributed by atoms with Crippen molar-refractivity contribution >= 4 is 33.2 Å². The van der Waals surface area contributed by atoms with Crippen LogP contribution in [0.3, 0.4) is 0 Å². The Morgan fingerprint density at radius 1 is 1.25 bits per heavy atom. The molecule has 0 saturated heterocycles. The van der Waals surface area contributed by atoms with Gasteiger partial charge >= 0.3 is 0 Å². The van der Waals surface area contributed by atoms with Gasteiger partial charge in [0.1, 0.15) is 11.3 Å². The molecule has 4 nitrogen and oxygen atoms in total. The van der Waals surface area contributed by atoms with Crippen LogP contribution < -0.4 is 4.90 Å². The highest BCUT2D eigenvalue weighted by Crippen LogP contribution is 2.24. The van der Waals surface area contributed by atoms with Gasteiger partial charge in [-0.25, -0.2) is 4.98 Å². The van der Waals surface area contributed by atoms with Gasteiger partial charge < -0.3 is 4.90 Å². The molecule has 0 bridgehead atoms. The number of hydrogen-bond donors (Lipinski definition) is 0. The topological polar surface area (TPSA) is 37.6 Å². The molecule has 1 amide bonds. The van der Waals surface area contributed by atoms with E-state index in [1.807, 2.05) is 67.8 Å². The molecule has 5 heteroatoms. The molecule has 1 aromatic carbocycles. The smallest absolute Gasteiger partial charge is 0.277 e. The number of carbonyl (C=O) groups is 1. The molecule has 2 heterocycles. The number of halogens is 1. The van der Waals surface area contributed by atoms with Crippen molar-refractivity contribution < 1.29 is 4.79 Å². The van der Waals surface area contributed by atoms with Crippen LogP contribution in [0, 0.1) is 6.92 Å². The molecular formula is C19H20BrN3O. The largest absolute Gasteiger partial charge is 0.307 e. The van der Waals surface area contributed by atoms with Gasteiger partial charge in [0.05, 0.1) is 5.69 Å². The van der Waals surface area contributed by atoms with Crippen LogP contribution in [0.5, 0.6) is 0 Å². The SMILES string of the molecule is CCc1nc2c(C)cc(Br)cn2c1C(=O)N(CC)c1ccccc1. The van der Waals surface area contributed by atoms with Gasteiger partial charge in [-0.05, 0) is 60.0 Å². The standard InChI is InChI=1S/C19H20BrN3O/c1-4-16-17(23-12-14(20)11-13(3)18(23)21-16)19(24)22(5-2)15-9-7-6-8-10-15/h6-12H,4-5H2,1-3H3. The Morgan fingerprint density at radius 2 is 1.96 bits per heavy atom. The Bertz CT molecular complexity index is 887. The number of rotatable bonds is 4. The van der Waals surface area contributed by atoms with E-state index < -0.39 is 0 Å². The third kappa shape index (κ3) is 2.84. The summed E-state index contributed by atoms with van der Waals surface area (Å²) in [7, 11) is 0. The summed E-state index contributed by atoms with van der Waals surface area (Å²) < 4.78 is 2.84. The molecule has 24 heavy (non-hydrogen) atoms. The van der Waals surface area contributed by atoms with Gasteiger partial charge in [0.15, 0.2) is 0 Å². The molecule has 3 aromatic rings. The van der Waals surface area contributed by atoms with Gasteiger partial charge in [-0.15, -0.1) is 0 Å². The van der Waals surface area contributed by atoms with Crippen molar-refractivity contribution in [2.45, 2.75) is 27.2 Å². The maximum Gasteiger partial charge on any atom is 0.277 e. The van der Waals surface area contributed by atoms with Crippen molar-refractivity contribution in [3.05, 3.63) is 64.0 Å². The van der Waals surface area contributed by atoms with Gasteiger partial charge in [-0.1, -0.05) is 25.1 Å². The van der Waals surface area contributed by atoms with E-state index in [0.29, 0.717) is 18.7 Å². The lowest BCUT2D eigenvalue weighted by molar-refractivity contribution is 0.0981. The zero-order valence-corrected chi connectivity index (χ0v) is 15.7. The van der Waals surface area contributed by atoms with Gasteiger partial charge in [-0.3, -0.25) is 9.20 Å². The molecule has 0 aliphatic heterocycles. The van der Waals surface area contributed by atoms with Crippen LogP contribution in [0.15, 0.2) is 47.1 Å². The summed E-state index contributed by atoms with van der Waals surface area (Å²) in [5.74, 6) is -0.0226. The average molecular weight is 386 g/mol. The van der Waals surface area contributed by atoms with Crippen LogP contribution in [-0.4, -0.2) is 21.8 Å². The maximum absolute atomic E-state index is 13.3. The van der Waals surface area contributed by atoms with Gasteiger partial charge in [0.2, 0.25) is 0 Å². The Morgan fingerprint density at radius 3 is 2.58 bits per heavy atom. The molecular weight excluding hydrogens is 366 g/mol. The van der Waals surface area contributed by atoms with E-state index in [9.17, 15) is 4.79 Å². The number of fused-ring (bicyclic) bond motifs is 1. The lowest BCUT2D eigenvalue weighted by atomic mass is 10.2. The number of hydrogen-bond acceptors (Lipinski definition) is 2. The number of para-hydroxylation sites is 1. The average Bonchev–Trinajstić information content (AvgIpc) is 2.95. The Kier molecular flexibility index (Phi) is 4.71. The highest BCUT2D eigenvalue weighted by Gasteiger charge is 2.24. The number of pyridine rings is 1. The van der Waals surface area contributed by atoms with Gasteiger partial charge in [0, 0.05) is 22.9 Å². The summed E-state index contributed by atoms with van der Waals surface area (Å²) in [6.07, 6.45) is 2.63. The summed E-state index contributed by atoms with van der Waals surface area (Å²) in [6, 6.07) is 11.8. The Balaban J connectivity index is 2.18. The van der Waals surface area contributed by atoms with Gasteiger partial charge in [0.25, 0.3) is 5.91 Å². The minimum Gasteiger partial charge on any atom is -0.307 e. The van der Waals surface area contributed by atoms with Crippen molar-refractivity contribution in [2.75, 3.05) is 11.4 Å². The maximum atomic E-state index is 13.3. The third-order valence-corrected chi connectivity index (χ3v) is 4.54. The van der Waals surface area contributed by atoms with Crippen molar-refractivity contribution in [3.63, 3.8) is 0 Å². The highest BCUT2D eigenvalue weighted by molar-refractivity contribution is 9.10. The number of carbonyl (C=O) groups excluding carboxylic acids is 1. The fourth-order valence-electron chi connectivity index (χ4n) is 2.97. The molecule has 0 saturated carbocycles. The first-order valence-corrected chi connectivity index (χ1v) is 8.90. The fraction of sp³-hybridized carbons (Fsp3) is 0.263. The monoisotopic (exact) mass is 385 g/mol. The number of nitrogens with zero attached hydrogens (tertiary/aromatic N) is 3. The molecule has 0 fully saturated rings. The molecule has 0 unspecified atom stereocenters. The zero-order valence-electron chi connectivity index (χ0n) is 14.1. The van der Waals surface area contributed by atoms with E-state index in [4.69, 9.17) is 4.98 Å². The lowest BCUT2D eigenvalue weighted by Crippen LogP contribution is -2.32. The van der Waals surface area contributed by atoms with Crippen molar-refractivity contribution in [1.29, 1.82) is 0 Å². The van der Waals surface area contributed by atoms with Crippen LogP contribution in [-0.2, 0) is 6.42 Å². The van der Waals surface area contributed by atoms with Gasteiger partial charge in [-0.2, -0.15) is 0 Å². The van der Waals surface area contributed by atoms with Crippen molar-refractivity contribution in [3.8, 4) is 0 Å². The highest BCUT2D eigenvalue weighted by atomic mass is 79.9. The molecule has 0 atom stereocenters. The lowest BCUT2D eigenvalue weighted by Gasteiger charge is -2.21. The summed E-state index contributed by atoms with van der Waals surface area (Å²) in [6.45, 7) is 6.63. The quantitative estimate of drug-likeness (QED) is 0.656. The van der Waals surface area contributed by atoms with Crippen molar-refractivity contribution in [2.24, 2.45) is 0 Å². The predicted molar refractivity (Wildman–Crippen MR) is 101 cm³/mol. The van der Waals surface area contributed by atoms with E-state index >= 15 is 0 Å². The van der Waals surface area contributed by atoms with E-state index in [-0.39, 0.29) is 5.91 Å². The van der Waals surface area contributed by atoms with E-state index in [1.165, 1.54) is 0 Å². The summed E-state index contributed by atoms with van der Waals surface area (Å²) in [5, 5.41) is 0. The second kappa shape index (κ2) is 6.77. The normalized spacial score (nSPS) is 11.0. The van der Waals surface area contributed by atoms with Crippen molar-refractivity contribution in [1.82, 2.24) is 9.38 Å². The minimum absolute atomic E-state index is 0.0226. The van der Waals surface area contributed by atoms with E-state index in [0.717, 1.165) is 27.1 Å². The molecule has 0 radical (unpaired) electrons. The number of aryl methyl sites for hydroxylation is 2. The first-order chi connectivity index (χ1) is 11.6. The molecule has 0 aliphatic rings.